The van der Waals surface area contributed by atoms with Gasteiger partial charge >= 0.3 is 0 Å². The molecule has 0 aliphatic rings. The molecular weight excluding hydrogens is 248 g/mol. The summed E-state index contributed by atoms with van der Waals surface area (Å²) in [6.45, 7) is 2.01. The Balaban J connectivity index is 2.20. The molecule has 0 radical (unpaired) electrons. The number of likely N-dealkylation sites (N-methyl/N-ethyl adjacent to an activating group) is 1. The zero-order chi connectivity index (χ0) is 14.5. The van der Waals surface area contributed by atoms with Crippen molar-refractivity contribution in [2.75, 3.05) is 19.4 Å². The minimum Gasteiger partial charge on any atom is -0.324 e. The van der Waals surface area contributed by atoms with Gasteiger partial charge in [-0.05, 0) is 44.3 Å². The Labute approximate surface area is 120 Å². The van der Waals surface area contributed by atoms with Crippen LogP contribution in [0.4, 0.5) is 5.69 Å². The minimum atomic E-state index is -0.295. The van der Waals surface area contributed by atoms with Crippen molar-refractivity contribution in [3.05, 3.63) is 65.7 Å². The van der Waals surface area contributed by atoms with Crippen molar-refractivity contribution in [1.82, 2.24) is 4.90 Å². The highest BCUT2D eigenvalue weighted by Crippen LogP contribution is 2.20. The minimum absolute atomic E-state index is 0.0215. The van der Waals surface area contributed by atoms with Crippen LogP contribution in [-0.4, -0.2) is 24.9 Å². The van der Waals surface area contributed by atoms with Gasteiger partial charge < -0.3 is 5.32 Å². The molecule has 0 bridgehead atoms. The normalized spacial score (nSPS) is 12.2. The highest BCUT2D eigenvalue weighted by molar-refractivity contribution is 5.95. The second kappa shape index (κ2) is 6.35. The van der Waals surface area contributed by atoms with Gasteiger partial charge in [-0.15, -0.1) is 0 Å². The molecule has 2 aromatic carbocycles. The summed E-state index contributed by atoms with van der Waals surface area (Å²) in [5.74, 6) is -0.0215. The number of anilines is 1. The molecule has 1 unspecified atom stereocenters. The van der Waals surface area contributed by atoms with Crippen LogP contribution in [0, 0.1) is 6.92 Å². The van der Waals surface area contributed by atoms with E-state index in [1.54, 1.807) is 0 Å². The zero-order valence-corrected chi connectivity index (χ0v) is 12.1. The van der Waals surface area contributed by atoms with E-state index in [0.29, 0.717) is 0 Å². The van der Waals surface area contributed by atoms with Crippen LogP contribution < -0.4 is 5.32 Å². The maximum Gasteiger partial charge on any atom is 0.246 e. The van der Waals surface area contributed by atoms with Crippen LogP contribution in [0.3, 0.4) is 0 Å². The van der Waals surface area contributed by atoms with Gasteiger partial charge in [-0.3, -0.25) is 9.69 Å². The Morgan fingerprint density at radius 1 is 1.05 bits per heavy atom. The summed E-state index contributed by atoms with van der Waals surface area (Å²) in [7, 11) is 3.82. The zero-order valence-electron chi connectivity index (χ0n) is 12.1. The maximum absolute atomic E-state index is 12.5. The van der Waals surface area contributed by atoms with E-state index < -0.39 is 0 Å². The molecule has 0 fully saturated rings. The smallest absolute Gasteiger partial charge is 0.246 e. The Bertz CT molecular complexity index is 579. The summed E-state index contributed by atoms with van der Waals surface area (Å²) >= 11 is 0. The van der Waals surface area contributed by atoms with Crippen LogP contribution in [0.1, 0.15) is 17.2 Å². The molecule has 20 heavy (non-hydrogen) atoms. The lowest BCUT2D eigenvalue weighted by molar-refractivity contribution is -0.120. The molecule has 0 saturated carbocycles. The first-order valence-electron chi connectivity index (χ1n) is 6.67. The van der Waals surface area contributed by atoms with Gasteiger partial charge in [0.05, 0.1) is 0 Å². The molecule has 0 saturated heterocycles. The van der Waals surface area contributed by atoms with Crippen molar-refractivity contribution in [3.8, 4) is 0 Å². The fraction of sp³-hybridized carbons (Fsp3) is 0.235. The fourth-order valence-electron chi connectivity index (χ4n) is 2.25. The lowest BCUT2D eigenvalue weighted by atomic mass is 10.1. The molecule has 1 amide bonds. The Kier molecular flexibility index (Phi) is 4.53. The number of nitrogens with zero attached hydrogens (tertiary/aromatic N) is 1. The first kappa shape index (κ1) is 14.3. The standard InChI is InChI=1S/C17H20N2O/c1-13-8-7-11-15(12-13)18-17(20)16(19(2)3)14-9-5-4-6-10-14/h4-12,16H,1-3H3,(H,18,20). The number of hydrogen-bond donors (Lipinski definition) is 1. The lowest BCUT2D eigenvalue weighted by Gasteiger charge is -2.23. The van der Waals surface area contributed by atoms with Crippen LogP contribution in [0.2, 0.25) is 0 Å². The highest BCUT2D eigenvalue weighted by Gasteiger charge is 2.22. The molecule has 1 atom stereocenters. The van der Waals surface area contributed by atoms with Gasteiger partial charge in [-0.25, -0.2) is 0 Å². The van der Waals surface area contributed by atoms with Crippen molar-refractivity contribution in [3.63, 3.8) is 0 Å². The lowest BCUT2D eigenvalue weighted by Crippen LogP contribution is -2.32. The van der Waals surface area contributed by atoms with Crippen molar-refractivity contribution < 1.29 is 4.79 Å². The number of hydrogen-bond acceptors (Lipinski definition) is 2. The SMILES string of the molecule is Cc1cccc(NC(=O)C(c2ccccc2)N(C)C)c1. The van der Waals surface area contributed by atoms with Crippen molar-refractivity contribution in [2.24, 2.45) is 0 Å². The van der Waals surface area contributed by atoms with Crippen LogP contribution in [-0.2, 0) is 4.79 Å². The van der Waals surface area contributed by atoms with Gasteiger partial charge in [0.15, 0.2) is 0 Å². The van der Waals surface area contributed by atoms with Gasteiger partial charge in [-0.2, -0.15) is 0 Å². The molecule has 3 heteroatoms. The van der Waals surface area contributed by atoms with Gasteiger partial charge in [0.25, 0.3) is 0 Å². The summed E-state index contributed by atoms with van der Waals surface area (Å²) in [5.41, 5.74) is 2.95. The van der Waals surface area contributed by atoms with E-state index in [2.05, 4.69) is 5.32 Å². The van der Waals surface area contributed by atoms with Crippen molar-refractivity contribution >= 4 is 11.6 Å². The van der Waals surface area contributed by atoms with Gasteiger partial charge in [-0.1, -0.05) is 42.5 Å². The number of nitrogens with one attached hydrogen (secondary N) is 1. The summed E-state index contributed by atoms with van der Waals surface area (Å²) < 4.78 is 0. The maximum atomic E-state index is 12.5. The molecule has 104 valence electrons. The van der Waals surface area contributed by atoms with Gasteiger partial charge in [0.1, 0.15) is 6.04 Å². The third-order valence-electron chi connectivity index (χ3n) is 3.17. The number of carbonyl (C=O) groups excluding carboxylic acids is 1. The average Bonchev–Trinajstić information content (AvgIpc) is 2.39. The topological polar surface area (TPSA) is 32.3 Å². The molecule has 1 N–H and O–H groups in total. The highest BCUT2D eigenvalue weighted by atomic mass is 16.2. The number of benzene rings is 2. The second-order valence-electron chi connectivity index (χ2n) is 5.14. The van der Waals surface area contributed by atoms with E-state index >= 15 is 0 Å². The summed E-state index contributed by atoms with van der Waals surface area (Å²) in [4.78, 5) is 14.4. The number of amides is 1. The van der Waals surface area contributed by atoms with E-state index in [0.717, 1.165) is 16.8 Å². The van der Waals surface area contributed by atoms with Crippen molar-refractivity contribution in [1.29, 1.82) is 0 Å². The summed E-state index contributed by atoms with van der Waals surface area (Å²) in [5, 5.41) is 2.98. The summed E-state index contributed by atoms with van der Waals surface area (Å²) in [6.07, 6.45) is 0. The Hall–Kier alpha value is -2.13. The van der Waals surface area contributed by atoms with E-state index in [-0.39, 0.29) is 11.9 Å². The molecule has 0 heterocycles. The van der Waals surface area contributed by atoms with Crippen LogP contribution in [0.5, 0.6) is 0 Å². The average molecular weight is 268 g/mol. The number of carbonyl (C=O) groups is 1. The van der Waals surface area contributed by atoms with Crippen LogP contribution in [0.25, 0.3) is 0 Å². The molecule has 0 spiro atoms. The third kappa shape index (κ3) is 3.45. The van der Waals surface area contributed by atoms with E-state index in [1.165, 1.54) is 0 Å². The van der Waals surface area contributed by atoms with Crippen molar-refractivity contribution in [2.45, 2.75) is 13.0 Å². The van der Waals surface area contributed by atoms with E-state index in [1.807, 2.05) is 80.5 Å². The van der Waals surface area contributed by atoms with Gasteiger partial charge in [0.2, 0.25) is 5.91 Å². The predicted molar refractivity (Wildman–Crippen MR) is 82.7 cm³/mol. The number of aryl methyl sites for hydroxylation is 1. The molecule has 3 nitrogen and oxygen atoms in total. The van der Waals surface area contributed by atoms with Crippen LogP contribution in [0.15, 0.2) is 54.6 Å². The quantitative estimate of drug-likeness (QED) is 0.923. The Morgan fingerprint density at radius 2 is 1.75 bits per heavy atom. The summed E-state index contributed by atoms with van der Waals surface area (Å²) in [6, 6.07) is 17.3. The third-order valence-corrected chi connectivity index (χ3v) is 3.17. The van der Waals surface area contributed by atoms with Crippen LogP contribution >= 0.6 is 0 Å². The second-order valence-corrected chi connectivity index (χ2v) is 5.14. The molecule has 2 aromatic rings. The fourth-order valence-corrected chi connectivity index (χ4v) is 2.25. The molecule has 0 aliphatic heterocycles. The first-order chi connectivity index (χ1) is 9.58. The molecule has 0 aromatic heterocycles. The number of rotatable bonds is 4. The molecule has 0 aliphatic carbocycles. The molecular formula is C17H20N2O. The van der Waals surface area contributed by atoms with Gasteiger partial charge in [0, 0.05) is 5.69 Å². The molecule has 2 rings (SSSR count). The largest absolute Gasteiger partial charge is 0.324 e. The van der Waals surface area contributed by atoms with E-state index in [9.17, 15) is 4.79 Å². The first-order valence-corrected chi connectivity index (χ1v) is 6.67. The predicted octanol–water partition coefficient (Wildman–Crippen LogP) is 3.24. The monoisotopic (exact) mass is 268 g/mol. The Morgan fingerprint density at radius 3 is 2.35 bits per heavy atom. The van der Waals surface area contributed by atoms with E-state index in [4.69, 9.17) is 0 Å².